The summed E-state index contributed by atoms with van der Waals surface area (Å²) in [6.07, 6.45) is 0.129. The van der Waals surface area contributed by atoms with E-state index in [1.807, 2.05) is 18.7 Å². The zero-order valence-electron chi connectivity index (χ0n) is 32.4. The summed E-state index contributed by atoms with van der Waals surface area (Å²) in [7, 11) is 0. The van der Waals surface area contributed by atoms with Crippen molar-refractivity contribution in [1.29, 1.82) is 0 Å². The van der Waals surface area contributed by atoms with Crippen LogP contribution in [0, 0.1) is 0 Å². The second-order valence-corrected chi connectivity index (χ2v) is 13.3. The Hall–Kier alpha value is -6.66. The summed E-state index contributed by atoms with van der Waals surface area (Å²) < 4.78 is 5.45. The molecule has 0 aromatic heterocycles. The Balaban J connectivity index is 0.000000253. The average Bonchev–Trinajstić information content (AvgIpc) is 3.16. The second-order valence-electron chi connectivity index (χ2n) is 13.3. The fraction of sp³-hybridized carbons (Fsp3) is 0.244. The summed E-state index contributed by atoms with van der Waals surface area (Å²) in [5, 5.41) is 61.0. The van der Waals surface area contributed by atoms with Crippen molar-refractivity contribution in [2.24, 2.45) is 0 Å². The lowest BCUT2D eigenvalue weighted by Gasteiger charge is -2.26. The summed E-state index contributed by atoms with van der Waals surface area (Å²) in [6, 6.07) is 24.3. The Morgan fingerprint density at radius 3 is 1.53 bits per heavy atom. The molecule has 12 nitrogen and oxygen atoms in total. The number of ether oxygens (including phenoxy) is 1. The molecular formula is C45H47NO11. The number of carbonyl (C=O) groups excluding carboxylic acids is 3. The molecule has 0 amide bonds. The number of rotatable bonds is 14. The quantitative estimate of drug-likeness (QED) is 0.0366. The van der Waals surface area contributed by atoms with Gasteiger partial charge in [-0.1, -0.05) is 80.6 Å². The maximum Gasteiger partial charge on any atom is 0.343 e. The number of phenolic OH excluding ortho intramolecular Hbond substituents is 4. The molecule has 6 N–H and O–H groups in total. The van der Waals surface area contributed by atoms with Gasteiger partial charge in [-0.05, 0) is 91.5 Å². The van der Waals surface area contributed by atoms with Crippen LogP contribution in [0.3, 0.4) is 0 Å². The zero-order chi connectivity index (χ0) is 42.0. The number of ketones is 2. The van der Waals surface area contributed by atoms with E-state index in [1.165, 1.54) is 38.1 Å². The number of para-hydroxylation sites is 4. The molecule has 1 atom stereocenters. The van der Waals surface area contributed by atoms with E-state index in [2.05, 4.69) is 0 Å². The number of nitrogens with zero attached hydrogens (tertiary/aromatic N) is 1. The van der Waals surface area contributed by atoms with E-state index in [4.69, 9.17) is 9.84 Å². The van der Waals surface area contributed by atoms with E-state index in [1.54, 1.807) is 73.7 Å². The molecule has 5 rings (SSSR count). The van der Waals surface area contributed by atoms with Crippen LogP contribution in [0.1, 0.15) is 109 Å². The van der Waals surface area contributed by atoms with Crippen LogP contribution in [0.25, 0.3) is 0 Å². The summed E-state index contributed by atoms with van der Waals surface area (Å²) in [5.74, 6) is -3.29. The van der Waals surface area contributed by atoms with Crippen LogP contribution < -0.4 is 0 Å². The first kappa shape index (κ1) is 43.1. The fourth-order valence-corrected chi connectivity index (χ4v) is 6.50. The lowest BCUT2D eigenvalue weighted by molar-refractivity contribution is -0.0199. The van der Waals surface area contributed by atoms with Gasteiger partial charge in [0, 0.05) is 19.3 Å². The molecule has 57 heavy (non-hydrogen) atoms. The molecule has 0 saturated heterocycles. The molecule has 0 aliphatic rings. The number of esters is 1. The zero-order valence-corrected chi connectivity index (χ0v) is 32.4. The van der Waals surface area contributed by atoms with E-state index in [9.17, 15) is 44.7 Å². The number of Topliss-reactive ketones (excluding diaryl/α,β-unsaturated/α-hetero) is 2. The highest BCUT2D eigenvalue weighted by molar-refractivity contribution is 6.03. The predicted octanol–water partition coefficient (Wildman–Crippen LogP) is 7.62. The first-order chi connectivity index (χ1) is 27.1. The fourth-order valence-electron chi connectivity index (χ4n) is 6.50. The van der Waals surface area contributed by atoms with Crippen LogP contribution in [0.15, 0.2) is 91.0 Å². The Morgan fingerprint density at radius 2 is 1.02 bits per heavy atom. The smallest absolute Gasteiger partial charge is 0.343 e. The molecule has 0 saturated carbocycles. The van der Waals surface area contributed by atoms with Crippen molar-refractivity contribution in [3.8, 4) is 28.7 Å². The molecule has 12 heteroatoms. The highest BCUT2D eigenvalue weighted by Gasteiger charge is 2.25. The predicted molar refractivity (Wildman–Crippen MR) is 214 cm³/mol. The molecule has 0 aliphatic carbocycles. The first-order valence-electron chi connectivity index (χ1n) is 18.3. The molecule has 0 bridgehead atoms. The molecule has 0 aliphatic heterocycles. The Labute approximate surface area is 330 Å². The molecular weight excluding hydrogens is 730 g/mol. The van der Waals surface area contributed by atoms with Gasteiger partial charge >= 0.3 is 11.9 Å². The number of phenols is 5. The van der Waals surface area contributed by atoms with E-state index >= 15 is 0 Å². The summed E-state index contributed by atoms with van der Waals surface area (Å²) in [4.78, 5) is 49.5. The van der Waals surface area contributed by atoms with Crippen molar-refractivity contribution in [2.75, 3.05) is 13.1 Å². The summed E-state index contributed by atoms with van der Waals surface area (Å²) >= 11 is 0. The summed E-state index contributed by atoms with van der Waals surface area (Å²) in [6.45, 7) is 9.83. The van der Waals surface area contributed by atoms with Gasteiger partial charge in [0.1, 0.15) is 39.9 Å². The maximum atomic E-state index is 12.6. The lowest BCUT2D eigenvalue weighted by Crippen LogP contribution is -2.36. The maximum absolute atomic E-state index is 12.6. The third-order valence-electron chi connectivity index (χ3n) is 9.63. The van der Waals surface area contributed by atoms with Crippen LogP contribution in [-0.2, 0) is 24.0 Å². The third kappa shape index (κ3) is 10.4. The molecule has 0 heterocycles. The molecule has 0 spiro atoms. The lowest BCUT2D eigenvalue weighted by atomic mass is 9.94. The normalized spacial score (nSPS) is 11.3. The molecule has 298 valence electrons. The highest BCUT2D eigenvalue weighted by Crippen LogP contribution is 2.34. The molecule has 0 fully saturated rings. The van der Waals surface area contributed by atoms with Crippen molar-refractivity contribution in [3.63, 3.8) is 0 Å². The number of aromatic carboxylic acids is 1. The molecule has 5 aromatic carbocycles. The average molecular weight is 778 g/mol. The van der Waals surface area contributed by atoms with Crippen LogP contribution in [-0.4, -0.2) is 78.4 Å². The molecule has 0 radical (unpaired) electrons. The third-order valence-corrected chi connectivity index (χ3v) is 9.63. The summed E-state index contributed by atoms with van der Waals surface area (Å²) in [5.41, 5.74) is 3.08. The number of aromatic hydroxyl groups is 5. The minimum Gasteiger partial charge on any atom is -0.508 e. The van der Waals surface area contributed by atoms with Gasteiger partial charge in [0.05, 0.1) is 11.1 Å². The number of benzene rings is 5. The van der Waals surface area contributed by atoms with Crippen LogP contribution in [0.4, 0.5) is 0 Å². The number of carbonyl (C=O) groups is 4. The van der Waals surface area contributed by atoms with Gasteiger partial charge < -0.3 is 35.4 Å². The monoisotopic (exact) mass is 777 g/mol. The Bertz CT molecular complexity index is 2190. The van der Waals surface area contributed by atoms with Crippen molar-refractivity contribution in [1.82, 2.24) is 4.90 Å². The van der Waals surface area contributed by atoms with E-state index in [0.29, 0.717) is 33.4 Å². The number of hydrogen-bond acceptors (Lipinski definition) is 11. The number of hydrogen-bond donors (Lipinski definition) is 6. The van der Waals surface area contributed by atoms with Crippen LogP contribution in [0.5, 0.6) is 28.7 Å². The minimum atomic E-state index is -1.23. The van der Waals surface area contributed by atoms with Gasteiger partial charge in [-0.3, -0.25) is 14.5 Å². The van der Waals surface area contributed by atoms with Gasteiger partial charge in [-0.2, -0.15) is 0 Å². The van der Waals surface area contributed by atoms with Crippen molar-refractivity contribution in [3.05, 3.63) is 147 Å². The molecule has 1 unspecified atom stereocenters. The Morgan fingerprint density at radius 1 is 0.544 bits per heavy atom. The highest BCUT2D eigenvalue weighted by atomic mass is 16.6. The van der Waals surface area contributed by atoms with E-state index < -0.39 is 23.9 Å². The topological polar surface area (TPSA) is 202 Å². The second kappa shape index (κ2) is 19.3. The van der Waals surface area contributed by atoms with Gasteiger partial charge in [0.15, 0.2) is 17.8 Å². The van der Waals surface area contributed by atoms with Gasteiger partial charge in [-0.15, -0.1) is 0 Å². The SMILES string of the molecule is CC(=O)c1cccc(Cc2cccc(Cc3cccc(C(=O)O)c3O)c2O)c1O.CCN(CC)C(C)OC(=O)c1ccc(Cc2ccccc2O)c(C(C)=O)c1O. The minimum absolute atomic E-state index is 0.0137. The standard InChI is InChI=1S/C23H20O6.C22H27NO5/c1-13(24)18-9-3-7-16(21(18)26)11-14-5-2-6-15(20(14)25)12-17-8-4-10-19(22(17)27)23(28)29;1-5-23(6-2)15(4)28-22(27)18-12-11-17(20(14(3)24)21(18)26)13-16-9-7-8-10-19(16)25/h2-10,25-27H,11-12H2,1H3,(H,28,29);7-12,15,25-26H,5-6,13H2,1-4H3. The molecule has 5 aromatic rings. The van der Waals surface area contributed by atoms with Crippen LogP contribution >= 0.6 is 0 Å². The van der Waals surface area contributed by atoms with Crippen LogP contribution in [0.2, 0.25) is 0 Å². The van der Waals surface area contributed by atoms with Gasteiger partial charge in [0.25, 0.3) is 0 Å². The van der Waals surface area contributed by atoms with Gasteiger partial charge in [-0.25, -0.2) is 9.59 Å². The Kier molecular flexibility index (Phi) is 14.6. The van der Waals surface area contributed by atoms with Crippen molar-refractivity contribution < 1.29 is 54.6 Å². The van der Waals surface area contributed by atoms with E-state index in [-0.39, 0.29) is 76.1 Å². The van der Waals surface area contributed by atoms with Gasteiger partial charge in [0.2, 0.25) is 0 Å². The number of carboxylic acid groups (broad SMARTS) is 1. The number of carboxylic acids is 1. The van der Waals surface area contributed by atoms with Crippen molar-refractivity contribution >= 4 is 23.5 Å². The largest absolute Gasteiger partial charge is 0.508 e. The van der Waals surface area contributed by atoms with E-state index in [0.717, 1.165) is 13.1 Å². The first-order valence-corrected chi connectivity index (χ1v) is 18.3. The van der Waals surface area contributed by atoms with Crippen molar-refractivity contribution in [2.45, 2.75) is 60.1 Å².